The molecule has 96 valence electrons. The van der Waals surface area contributed by atoms with Crippen molar-refractivity contribution in [2.75, 3.05) is 11.4 Å². The average Bonchev–Trinajstić information content (AvgIpc) is 3.19. The van der Waals surface area contributed by atoms with Gasteiger partial charge in [0.1, 0.15) is 0 Å². The minimum atomic E-state index is 0.479. The van der Waals surface area contributed by atoms with Crippen LogP contribution < -0.4 is 16.2 Å². The molecule has 0 aromatic heterocycles. The Bertz CT molecular complexity index is 477. The molecule has 2 aliphatic rings. The van der Waals surface area contributed by atoms with Crippen LogP contribution in [0, 0.1) is 6.92 Å². The molecule has 3 rings (SSSR count). The molecule has 3 N–H and O–H groups in total. The van der Waals surface area contributed by atoms with Gasteiger partial charge >= 0.3 is 0 Å². The van der Waals surface area contributed by atoms with E-state index in [4.69, 9.17) is 5.84 Å². The van der Waals surface area contributed by atoms with Crippen LogP contribution in [0.25, 0.3) is 0 Å². The molecule has 1 saturated carbocycles. The molecule has 4 nitrogen and oxygen atoms in total. The molecule has 1 aromatic rings. The number of nitrogens with zero attached hydrogens (tertiary/aromatic N) is 2. The second-order valence-corrected chi connectivity index (χ2v) is 5.22. The van der Waals surface area contributed by atoms with Crippen LogP contribution in [0.3, 0.4) is 0 Å². The lowest BCUT2D eigenvalue weighted by Crippen LogP contribution is -2.47. The number of nitrogens with one attached hydrogen (secondary N) is 1. The Balaban J connectivity index is 1.94. The fourth-order valence-electron chi connectivity index (χ4n) is 2.51. The van der Waals surface area contributed by atoms with Crippen molar-refractivity contribution in [2.24, 2.45) is 10.8 Å². The van der Waals surface area contributed by atoms with Crippen molar-refractivity contribution in [2.45, 2.75) is 38.6 Å². The summed E-state index contributed by atoms with van der Waals surface area (Å²) < 4.78 is 0. The first-order valence-corrected chi connectivity index (χ1v) is 6.69. The minimum Gasteiger partial charge on any atom is -0.311 e. The van der Waals surface area contributed by atoms with Crippen molar-refractivity contribution in [3.63, 3.8) is 0 Å². The van der Waals surface area contributed by atoms with E-state index in [0.717, 1.165) is 25.3 Å². The first-order valence-electron chi connectivity index (χ1n) is 6.69. The summed E-state index contributed by atoms with van der Waals surface area (Å²) in [7, 11) is 0. The Kier molecular flexibility index (Phi) is 2.96. The van der Waals surface area contributed by atoms with Gasteiger partial charge in [0.15, 0.2) is 0 Å². The van der Waals surface area contributed by atoms with Crippen LogP contribution in [0.5, 0.6) is 0 Å². The Hall–Kier alpha value is -1.55. The van der Waals surface area contributed by atoms with Gasteiger partial charge in [0.2, 0.25) is 5.96 Å². The van der Waals surface area contributed by atoms with Crippen LogP contribution >= 0.6 is 0 Å². The maximum absolute atomic E-state index is 5.64. The van der Waals surface area contributed by atoms with E-state index < -0.39 is 0 Å². The fraction of sp³-hybridized carbons (Fsp3) is 0.500. The predicted molar refractivity (Wildman–Crippen MR) is 74.6 cm³/mol. The monoisotopic (exact) mass is 244 g/mol. The van der Waals surface area contributed by atoms with E-state index in [-0.39, 0.29) is 0 Å². The van der Waals surface area contributed by atoms with Crippen molar-refractivity contribution in [1.82, 2.24) is 5.43 Å². The Morgan fingerprint density at radius 2 is 2.28 bits per heavy atom. The first-order chi connectivity index (χ1) is 8.78. The van der Waals surface area contributed by atoms with Crippen molar-refractivity contribution < 1.29 is 0 Å². The van der Waals surface area contributed by atoms with Crippen molar-refractivity contribution in [3.05, 3.63) is 29.3 Å². The third kappa shape index (κ3) is 2.20. The second-order valence-electron chi connectivity index (χ2n) is 5.22. The van der Waals surface area contributed by atoms with E-state index in [1.807, 2.05) is 0 Å². The standard InChI is InChI=1S/C14H20N4/c1-10-4-7-13-11(9-10)3-2-8-18(13)14(17-15)16-12-5-6-12/h4,7,9,12H,2-3,5-6,8,15H2,1H3,(H,16,17). The number of hydrazine groups is 1. The number of anilines is 1. The van der Waals surface area contributed by atoms with Crippen LogP contribution in [-0.4, -0.2) is 18.5 Å². The van der Waals surface area contributed by atoms with Gasteiger partial charge < -0.3 is 4.90 Å². The number of fused-ring (bicyclic) bond motifs is 1. The van der Waals surface area contributed by atoms with Gasteiger partial charge in [-0.15, -0.1) is 0 Å². The zero-order valence-corrected chi connectivity index (χ0v) is 10.8. The quantitative estimate of drug-likeness (QED) is 0.342. The molecule has 1 aliphatic heterocycles. The average molecular weight is 244 g/mol. The molecule has 0 unspecified atom stereocenters. The Labute approximate surface area is 108 Å². The lowest BCUT2D eigenvalue weighted by atomic mass is 10.00. The predicted octanol–water partition coefficient (Wildman–Crippen LogP) is 1.73. The van der Waals surface area contributed by atoms with Crippen molar-refractivity contribution in [1.29, 1.82) is 0 Å². The van der Waals surface area contributed by atoms with Crippen LogP contribution in [0.2, 0.25) is 0 Å². The summed E-state index contributed by atoms with van der Waals surface area (Å²) in [4.78, 5) is 6.88. The molecule has 1 heterocycles. The number of nitrogens with two attached hydrogens (primary N) is 1. The van der Waals surface area contributed by atoms with Crippen molar-refractivity contribution >= 4 is 11.6 Å². The number of hydrogen-bond acceptors (Lipinski definition) is 2. The highest BCUT2D eigenvalue weighted by molar-refractivity contribution is 5.97. The van der Waals surface area contributed by atoms with E-state index in [9.17, 15) is 0 Å². The highest BCUT2D eigenvalue weighted by atomic mass is 15.4. The van der Waals surface area contributed by atoms with Crippen LogP contribution in [-0.2, 0) is 6.42 Å². The lowest BCUT2D eigenvalue weighted by molar-refractivity contribution is 0.756. The van der Waals surface area contributed by atoms with Gasteiger partial charge in [0.05, 0.1) is 6.04 Å². The van der Waals surface area contributed by atoms with Gasteiger partial charge in [0.25, 0.3) is 0 Å². The van der Waals surface area contributed by atoms with E-state index in [1.165, 1.54) is 29.7 Å². The summed E-state index contributed by atoms with van der Waals surface area (Å²) in [6, 6.07) is 7.09. The third-order valence-electron chi connectivity index (χ3n) is 3.59. The van der Waals surface area contributed by atoms with Crippen LogP contribution in [0.1, 0.15) is 30.4 Å². The molecular formula is C14H20N4. The molecule has 1 aliphatic carbocycles. The number of hydrogen-bond donors (Lipinski definition) is 2. The summed E-state index contributed by atoms with van der Waals surface area (Å²) in [5.41, 5.74) is 6.75. The summed E-state index contributed by atoms with van der Waals surface area (Å²) in [6.07, 6.45) is 4.69. The smallest absolute Gasteiger partial charge is 0.213 e. The van der Waals surface area contributed by atoms with Crippen LogP contribution in [0.4, 0.5) is 5.69 Å². The van der Waals surface area contributed by atoms with Gasteiger partial charge in [-0.25, -0.2) is 10.8 Å². The number of benzene rings is 1. The maximum atomic E-state index is 5.64. The van der Waals surface area contributed by atoms with Crippen molar-refractivity contribution in [3.8, 4) is 0 Å². The largest absolute Gasteiger partial charge is 0.311 e. The number of aliphatic imine (C=N–C) groups is 1. The van der Waals surface area contributed by atoms with E-state index in [1.54, 1.807) is 0 Å². The van der Waals surface area contributed by atoms with E-state index in [2.05, 4.69) is 40.4 Å². The molecule has 0 atom stereocenters. The Morgan fingerprint density at radius 3 is 3.00 bits per heavy atom. The van der Waals surface area contributed by atoms with Gasteiger partial charge in [-0.2, -0.15) is 0 Å². The summed E-state index contributed by atoms with van der Waals surface area (Å²) in [6.45, 7) is 3.13. The molecular weight excluding hydrogens is 224 g/mol. The topological polar surface area (TPSA) is 53.6 Å². The summed E-state index contributed by atoms with van der Waals surface area (Å²) in [5, 5.41) is 0. The SMILES string of the molecule is Cc1ccc2c(c1)CCCN2C(=NC1CC1)NN. The first kappa shape index (κ1) is 11.5. The van der Waals surface area contributed by atoms with Gasteiger partial charge in [0, 0.05) is 12.2 Å². The van der Waals surface area contributed by atoms with Gasteiger partial charge in [-0.05, 0) is 44.2 Å². The molecule has 0 amide bonds. The molecule has 0 saturated heterocycles. The van der Waals surface area contributed by atoms with Gasteiger partial charge in [-0.3, -0.25) is 5.43 Å². The molecule has 1 fully saturated rings. The minimum absolute atomic E-state index is 0.479. The van der Waals surface area contributed by atoms with E-state index in [0.29, 0.717) is 6.04 Å². The highest BCUT2D eigenvalue weighted by Crippen LogP contribution is 2.29. The summed E-state index contributed by atoms with van der Waals surface area (Å²) in [5.74, 6) is 6.47. The van der Waals surface area contributed by atoms with E-state index >= 15 is 0 Å². The van der Waals surface area contributed by atoms with Crippen LogP contribution in [0.15, 0.2) is 23.2 Å². The molecule has 4 heteroatoms. The molecule has 1 aromatic carbocycles. The number of guanidine groups is 1. The zero-order chi connectivity index (χ0) is 12.5. The molecule has 0 spiro atoms. The zero-order valence-electron chi connectivity index (χ0n) is 10.8. The van der Waals surface area contributed by atoms with Gasteiger partial charge in [-0.1, -0.05) is 17.7 Å². The Morgan fingerprint density at radius 1 is 1.44 bits per heavy atom. The number of aryl methyl sites for hydroxylation is 2. The normalized spacial score (nSPS) is 19.7. The number of rotatable bonds is 1. The summed E-state index contributed by atoms with van der Waals surface area (Å²) >= 11 is 0. The highest BCUT2D eigenvalue weighted by Gasteiger charge is 2.25. The fourth-order valence-corrected chi connectivity index (χ4v) is 2.51. The second kappa shape index (κ2) is 4.61. The molecule has 0 radical (unpaired) electrons. The third-order valence-corrected chi connectivity index (χ3v) is 3.59. The lowest BCUT2D eigenvalue weighted by Gasteiger charge is -2.31. The maximum Gasteiger partial charge on any atom is 0.213 e. The molecule has 0 bridgehead atoms. The molecule has 18 heavy (non-hydrogen) atoms.